The second-order valence-electron chi connectivity index (χ2n) is 5.79. The Bertz CT molecular complexity index is 447. The van der Waals surface area contributed by atoms with E-state index in [0.717, 1.165) is 36.7 Å². The van der Waals surface area contributed by atoms with E-state index in [1.807, 2.05) is 11.7 Å². The summed E-state index contributed by atoms with van der Waals surface area (Å²) in [6, 6.07) is 0.710. The van der Waals surface area contributed by atoms with Crippen molar-refractivity contribution >= 4 is 11.5 Å². The molecule has 0 amide bonds. The number of likely N-dealkylation sites (tertiary alicyclic amines) is 1. The van der Waals surface area contributed by atoms with Crippen molar-refractivity contribution in [2.24, 2.45) is 7.05 Å². The van der Waals surface area contributed by atoms with Crippen molar-refractivity contribution in [3.05, 3.63) is 5.69 Å². The van der Waals surface area contributed by atoms with Crippen LogP contribution in [-0.2, 0) is 13.5 Å². The second kappa shape index (κ2) is 5.04. The zero-order valence-corrected chi connectivity index (χ0v) is 12.1. The molecule has 0 aliphatic carbocycles. The molecule has 3 heterocycles. The number of nitrogens with two attached hydrogens (primary N) is 1. The summed E-state index contributed by atoms with van der Waals surface area (Å²) in [6.45, 7) is 6.87. The molecular formula is C14H25N5. The largest absolute Gasteiger partial charge is 0.394 e. The van der Waals surface area contributed by atoms with E-state index in [1.54, 1.807) is 0 Å². The van der Waals surface area contributed by atoms with Crippen molar-refractivity contribution in [2.45, 2.75) is 38.6 Å². The third-order valence-corrected chi connectivity index (χ3v) is 4.58. The number of hydrogen-bond donors (Lipinski definition) is 1. The summed E-state index contributed by atoms with van der Waals surface area (Å²) in [6.07, 6.45) is 4.89. The van der Waals surface area contributed by atoms with E-state index in [9.17, 15) is 0 Å². The van der Waals surface area contributed by atoms with E-state index in [2.05, 4.69) is 21.8 Å². The van der Waals surface area contributed by atoms with Gasteiger partial charge in [-0.05, 0) is 38.8 Å². The van der Waals surface area contributed by atoms with Gasteiger partial charge in [0.25, 0.3) is 0 Å². The maximum Gasteiger partial charge on any atom is 0.150 e. The van der Waals surface area contributed by atoms with E-state index in [4.69, 9.17) is 5.73 Å². The van der Waals surface area contributed by atoms with Crippen molar-refractivity contribution in [1.82, 2.24) is 14.7 Å². The minimum absolute atomic E-state index is 0.710. The van der Waals surface area contributed by atoms with Crippen LogP contribution in [0.5, 0.6) is 0 Å². The molecule has 0 saturated carbocycles. The first-order valence-corrected chi connectivity index (χ1v) is 7.51. The normalized spacial score (nSPS) is 24.5. The Hall–Kier alpha value is -1.23. The summed E-state index contributed by atoms with van der Waals surface area (Å²) in [5.41, 5.74) is 8.17. The standard InChI is InChI=1S/C14H25N5/c1-3-12-13(15)14(17(2)16-12)19-9-6-11(10-19)18-7-4-5-8-18/h11H,3-10,15H2,1-2H3. The number of rotatable bonds is 3. The molecule has 19 heavy (non-hydrogen) atoms. The van der Waals surface area contributed by atoms with E-state index in [-0.39, 0.29) is 0 Å². The fourth-order valence-electron chi connectivity index (χ4n) is 3.56. The molecule has 0 aromatic carbocycles. The van der Waals surface area contributed by atoms with Crippen LogP contribution < -0.4 is 10.6 Å². The van der Waals surface area contributed by atoms with Gasteiger partial charge in [0.05, 0.1) is 11.4 Å². The lowest BCUT2D eigenvalue weighted by atomic mass is 10.2. The molecule has 5 heteroatoms. The SMILES string of the molecule is CCc1nn(C)c(N2CCC(N3CCCC3)C2)c1N. The molecule has 0 spiro atoms. The number of aryl methyl sites for hydroxylation is 2. The number of nitrogen functional groups attached to an aromatic ring is 1. The number of hydrogen-bond acceptors (Lipinski definition) is 4. The summed E-state index contributed by atoms with van der Waals surface area (Å²) >= 11 is 0. The van der Waals surface area contributed by atoms with Crippen molar-refractivity contribution < 1.29 is 0 Å². The highest BCUT2D eigenvalue weighted by molar-refractivity contribution is 5.67. The van der Waals surface area contributed by atoms with E-state index >= 15 is 0 Å². The Kier molecular flexibility index (Phi) is 3.39. The van der Waals surface area contributed by atoms with Gasteiger partial charge in [0.1, 0.15) is 5.82 Å². The van der Waals surface area contributed by atoms with Crippen LogP contribution in [-0.4, -0.2) is 46.9 Å². The Morgan fingerprint density at radius 3 is 2.63 bits per heavy atom. The van der Waals surface area contributed by atoms with Gasteiger partial charge in [-0.2, -0.15) is 5.10 Å². The van der Waals surface area contributed by atoms with Crippen LogP contribution in [0.1, 0.15) is 31.9 Å². The summed E-state index contributed by atoms with van der Waals surface area (Å²) in [4.78, 5) is 5.07. The molecule has 2 fully saturated rings. The number of aromatic nitrogens is 2. The molecule has 3 rings (SSSR count). The zero-order valence-electron chi connectivity index (χ0n) is 12.1. The van der Waals surface area contributed by atoms with Crippen molar-refractivity contribution in [3.63, 3.8) is 0 Å². The first-order chi connectivity index (χ1) is 9.20. The second-order valence-corrected chi connectivity index (χ2v) is 5.79. The maximum absolute atomic E-state index is 6.25. The van der Waals surface area contributed by atoms with Gasteiger partial charge in [0, 0.05) is 26.2 Å². The fraction of sp³-hybridized carbons (Fsp3) is 0.786. The minimum atomic E-state index is 0.710. The van der Waals surface area contributed by atoms with Gasteiger partial charge < -0.3 is 10.6 Å². The van der Waals surface area contributed by atoms with Gasteiger partial charge in [0.15, 0.2) is 0 Å². The lowest BCUT2D eigenvalue weighted by Crippen LogP contribution is -2.35. The highest BCUT2D eigenvalue weighted by Gasteiger charge is 2.31. The van der Waals surface area contributed by atoms with Crippen molar-refractivity contribution in [2.75, 3.05) is 36.8 Å². The summed E-state index contributed by atoms with van der Waals surface area (Å²) in [5.74, 6) is 1.12. The van der Waals surface area contributed by atoms with Crippen LogP contribution in [0.2, 0.25) is 0 Å². The quantitative estimate of drug-likeness (QED) is 0.891. The van der Waals surface area contributed by atoms with E-state index in [0.29, 0.717) is 6.04 Å². The third kappa shape index (κ3) is 2.20. The molecular weight excluding hydrogens is 238 g/mol. The van der Waals surface area contributed by atoms with E-state index < -0.39 is 0 Å². The molecule has 2 aliphatic heterocycles. The number of nitrogens with zero attached hydrogens (tertiary/aromatic N) is 4. The van der Waals surface area contributed by atoms with Crippen molar-refractivity contribution in [3.8, 4) is 0 Å². The van der Waals surface area contributed by atoms with Gasteiger partial charge in [-0.3, -0.25) is 9.58 Å². The Morgan fingerprint density at radius 2 is 2.00 bits per heavy atom. The van der Waals surface area contributed by atoms with Crippen LogP contribution in [0, 0.1) is 0 Å². The Morgan fingerprint density at radius 1 is 1.26 bits per heavy atom. The van der Waals surface area contributed by atoms with Gasteiger partial charge >= 0.3 is 0 Å². The molecule has 106 valence electrons. The molecule has 2 saturated heterocycles. The van der Waals surface area contributed by atoms with Crippen LogP contribution in [0.25, 0.3) is 0 Å². The van der Waals surface area contributed by atoms with Gasteiger partial charge in [-0.1, -0.05) is 6.92 Å². The maximum atomic E-state index is 6.25. The smallest absolute Gasteiger partial charge is 0.150 e. The first kappa shape index (κ1) is 12.8. The monoisotopic (exact) mass is 263 g/mol. The van der Waals surface area contributed by atoms with Crippen molar-refractivity contribution in [1.29, 1.82) is 0 Å². The first-order valence-electron chi connectivity index (χ1n) is 7.51. The summed E-state index contributed by atoms with van der Waals surface area (Å²) < 4.78 is 1.96. The zero-order chi connectivity index (χ0) is 13.4. The van der Waals surface area contributed by atoms with Gasteiger partial charge in [-0.25, -0.2) is 0 Å². The average molecular weight is 263 g/mol. The molecule has 1 unspecified atom stereocenters. The molecule has 1 aromatic rings. The molecule has 0 bridgehead atoms. The molecule has 5 nitrogen and oxygen atoms in total. The lowest BCUT2D eigenvalue weighted by molar-refractivity contribution is 0.260. The predicted octanol–water partition coefficient (Wildman–Crippen LogP) is 1.24. The molecule has 1 atom stereocenters. The number of anilines is 2. The fourth-order valence-corrected chi connectivity index (χ4v) is 3.56. The van der Waals surface area contributed by atoms with Gasteiger partial charge in [-0.15, -0.1) is 0 Å². The highest BCUT2D eigenvalue weighted by atomic mass is 15.4. The predicted molar refractivity (Wildman–Crippen MR) is 78.4 cm³/mol. The molecule has 1 aromatic heterocycles. The highest BCUT2D eigenvalue weighted by Crippen LogP contribution is 2.31. The van der Waals surface area contributed by atoms with Crippen LogP contribution in [0.4, 0.5) is 11.5 Å². The minimum Gasteiger partial charge on any atom is -0.394 e. The van der Waals surface area contributed by atoms with E-state index in [1.165, 1.54) is 32.4 Å². The topological polar surface area (TPSA) is 50.3 Å². The molecule has 2 N–H and O–H groups in total. The van der Waals surface area contributed by atoms with Crippen LogP contribution >= 0.6 is 0 Å². The Labute approximate surface area is 115 Å². The average Bonchev–Trinajstić information content (AvgIpc) is 3.08. The molecule has 0 radical (unpaired) electrons. The van der Waals surface area contributed by atoms with Gasteiger partial charge in [0.2, 0.25) is 0 Å². The third-order valence-electron chi connectivity index (χ3n) is 4.58. The van der Waals surface area contributed by atoms with Crippen LogP contribution in [0.15, 0.2) is 0 Å². The summed E-state index contributed by atoms with van der Waals surface area (Å²) in [7, 11) is 2.01. The molecule has 2 aliphatic rings. The lowest BCUT2D eigenvalue weighted by Gasteiger charge is -2.24. The summed E-state index contributed by atoms with van der Waals surface area (Å²) in [5, 5.41) is 4.53. The Balaban J connectivity index is 1.75. The van der Waals surface area contributed by atoms with Crippen LogP contribution in [0.3, 0.4) is 0 Å².